The fourth-order valence-electron chi connectivity index (χ4n) is 2.88. The van der Waals surface area contributed by atoms with Crippen molar-refractivity contribution in [1.29, 1.82) is 0 Å². The quantitative estimate of drug-likeness (QED) is 0.770. The summed E-state index contributed by atoms with van der Waals surface area (Å²) >= 11 is 0. The van der Waals surface area contributed by atoms with Gasteiger partial charge in [-0.2, -0.15) is 13.2 Å². The van der Waals surface area contributed by atoms with E-state index in [1.807, 2.05) is 0 Å². The number of hydrogen-bond acceptors (Lipinski definition) is 1. The summed E-state index contributed by atoms with van der Waals surface area (Å²) in [4.78, 5) is 2.07. The van der Waals surface area contributed by atoms with Crippen molar-refractivity contribution in [2.45, 2.75) is 20.0 Å². The van der Waals surface area contributed by atoms with Crippen LogP contribution >= 0.6 is 0 Å². The molecule has 112 valence electrons. The Morgan fingerprint density at radius 1 is 1.10 bits per heavy atom. The Balaban J connectivity index is 2.11. The number of benzene rings is 1. The highest BCUT2D eigenvalue weighted by Gasteiger charge is 2.33. The molecule has 0 radical (unpaired) electrons. The number of hydrogen-bond donors (Lipinski definition) is 0. The third-order valence-corrected chi connectivity index (χ3v) is 4.57. The van der Waals surface area contributed by atoms with Gasteiger partial charge in [-0.25, -0.2) is 0 Å². The highest BCUT2D eigenvalue weighted by Crippen LogP contribution is 2.32. The molecular formula is C15H22F3N2+. The highest BCUT2D eigenvalue weighted by molar-refractivity contribution is 5.49. The van der Waals surface area contributed by atoms with Gasteiger partial charge in [0.25, 0.3) is 0 Å². The van der Waals surface area contributed by atoms with E-state index >= 15 is 0 Å². The van der Waals surface area contributed by atoms with Crippen LogP contribution < -0.4 is 4.90 Å². The number of quaternary nitrogens is 1. The van der Waals surface area contributed by atoms with Crippen LogP contribution in [-0.4, -0.2) is 43.8 Å². The second kappa shape index (κ2) is 5.64. The maximum atomic E-state index is 12.7. The molecule has 2 rings (SSSR count). The van der Waals surface area contributed by atoms with Gasteiger partial charge in [-0.1, -0.05) is 6.07 Å². The van der Waals surface area contributed by atoms with E-state index in [-0.39, 0.29) is 0 Å². The van der Waals surface area contributed by atoms with Crippen LogP contribution in [0.2, 0.25) is 0 Å². The van der Waals surface area contributed by atoms with E-state index in [0.717, 1.165) is 49.8 Å². The molecule has 0 atom stereocenters. The van der Waals surface area contributed by atoms with Crippen LogP contribution in [-0.2, 0) is 6.18 Å². The molecule has 0 aromatic heterocycles. The van der Waals surface area contributed by atoms with Crippen LogP contribution in [0.25, 0.3) is 0 Å². The van der Waals surface area contributed by atoms with Gasteiger partial charge >= 0.3 is 6.18 Å². The predicted octanol–water partition coefficient (Wildman–Crippen LogP) is 3.38. The summed E-state index contributed by atoms with van der Waals surface area (Å²) in [6.07, 6.45) is -4.27. The molecule has 1 heterocycles. The average molecular weight is 287 g/mol. The summed E-state index contributed by atoms with van der Waals surface area (Å²) < 4.78 is 39.3. The van der Waals surface area contributed by atoms with Crippen molar-refractivity contribution in [3.8, 4) is 0 Å². The van der Waals surface area contributed by atoms with Crippen molar-refractivity contribution in [2.75, 3.05) is 44.2 Å². The molecule has 0 spiro atoms. The zero-order chi connectivity index (χ0) is 14.8. The number of alkyl halides is 3. The number of anilines is 1. The van der Waals surface area contributed by atoms with Gasteiger partial charge in [0.2, 0.25) is 0 Å². The third-order valence-electron chi connectivity index (χ3n) is 4.57. The molecule has 0 unspecified atom stereocenters. The minimum atomic E-state index is -4.27. The second-order valence-electron chi connectivity index (χ2n) is 5.46. The normalized spacial score (nSPS) is 19.1. The van der Waals surface area contributed by atoms with Gasteiger partial charge < -0.3 is 9.38 Å². The smallest absolute Gasteiger partial charge is 0.360 e. The maximum absolute atomic E-state index is 12.7. The van der Waals surface area contributed by atoms with Gasteiger partial charge in [-0.15, -0.1) is 0 Å². The Morgan fingerprint density at radius 2 is 1.70 bits per heavy atom. The molecule has 0 N–H and O–H groups in total. The Labute approximate surface area is 118 Å². The second-order valence-corrected chi connectivity index (χ2v) is 5.46. The topological polar surface area (TPSA) is 3.24 Å². The van der Waals surface area contributed by atoms with Crippen LogP contribution in [0.4, 0.5) is 18.9 Å². The summed E-state index contributed by atoms with van der Waals surface area (Å²) in [6.45, 7) is 10.2. The SMILES string of the molecule is CC[N+]1(CC)CCN(c2cccc(C(F)(F)F)c2)CC1. The lowest BCUT2D eigenvalue weighted by atomic mass is 10.1. The van der Waals surface area contributed by atoms with E-state index < -0.39 is 11.7 Å². The van der Waals surface area contributed by atoms with Crippen molar-refractivity contribution in [2.24, 2.45) is 0 Å². The number of likely N-dealkylation sites (N-methyl/N-ethyl adjacent to an activating group) is 1. The summed E-state index contributed by atoms with van der Waals surface area (Å²) in [6, 6.07) is 5.66. The van der Waals surface area contributed by atoms with Crippen molar-refractivity contribution >= 4 is 5.69 Å². The van der Waals surface area contributed by atoms with Gasteiger partial charge in [0, 0.05) is 5.69 Å². The van der Waals surface area contributed by atoms with Crippen molar-refractivity contribution in [1.82, 2.24) is 0 Å². The number of rotatable bonds is 3. The van der Waals surface area contributed by atoms with Gasteiger partial charge in [0.05, 0.1) is 44.8 Å². The molecule has 1 aliphatic heterocycles. The van der Waals surface area contributed by atoms with Crippen LogP contribution in [0, 0.1) is 0 Å². The molecule has 2 nitrogen and oxygen atoms in total. The van der Waals surface area contributed by atoms with E-state index in [9.17, 15) is 13.2 Å². The summed E-state index contributed by atoms with van der Waals surface area (Å²) in [7, 11) is 0. The van der Waals surface area contributed by atoms with Crippen LogP contribution in [0.5, 0.6) is 0 Å². The van der Waals surface area contributed by atoms with Crippen LogP contribution in [0.1, 0.15) is 19.4 Å². The Hall–Kier alpha value is -1.23. The van der Waals surface area contributed by atoms with E-state index in [0.29, 0.717) is 5.69 Å². The Morgan fingerprint density at radius 3 is 2.20 bits per heavy atom. The first-order valence-corrected chi connectivity index (χ1v) is 7.17. The van der Waals surface area contributed by atoms with Crippen molar-refractivity contribution in [3.63, 3.8) is 0 Å². The maximum Gasteiger partial charge on any atom is 0.416 e. The summed E-state index contributed by atoms with van der Waals surface area (Å²) in [5.41, 5.74) is 0.122. The van der Waals surface area contributed by atoms with E-state index in [2.05, 4.69) is 18.7 Å². The first-order valence-electron chi connectivity index (χ1n) is 7.17. The van der Waals surface area contributed by atoms with Gasteiger partial charge in [-0.3, -0.25) is 0 Å². The zero-order valence-corrected chi connectivity index (χ0v) is 12.1. The van der Waals surface area contributed by atoms with E-state index in [1.54, 1.807) is 6.07 Å². The minimum Gasteiger partial charge on any atom is -0.360 e. The molecule has 0 aliphatic carbocycles. The number of halogens is 3. The van der Waals surface area contributed by atoms with E-state index in [1.165, 1.54) is 12.1 Å². The molecule has 1 aromatic rings. The average Bonchev–Trinajstić information content (AvgIpc) is 2.47. The summed E-state index contributed by atoms with van der Waals surface area (Å²) in [5.74, 6) is 0. The molecule has 1 saturated heterocycles. The Kier molecular flexibility index (Phi) is 4.28. The largest absolute Gasteiger partial charge is 0.416 e. The fourth-order valence-corrected chi connectivity index (χ4v) is 2.88. The monoisotopic (exact) mass is 287 g/mol. The lowest BCUT2D eigenvalue weighted by Gasteiger charge is -2.44. The van der Waals surface area contributed by atoms with Gasteiger partial charge in [0.1, 0.15) is 0 Å². The molecule has 0 bridgehead atoms. The number of nitrogens with zero attached hydrogens (tertiary/aromatic N) is 2. The molecule has 20 heavy (non-hydrogen) atoms. The predicted molar refractivity (Wildman–Crippen MR) is 74.7 cm³/mol. The molecule has 5 heteroatoms. The first kappa shape index (κ1) is 15.2. The lowest BCUT2D eigenvalue weighted by Crippen LogP contribution is -2.59. The third kappa shape index (κ3) is 3.08. The zero-order valence-electron chi connectivity index (χ0n) is 12.1. The van der Waals surface area contributed by atoms with Crippen LogP contribution in [0.3, 0.4) is 0 Å². The molecule has 0 amide bonds. The Bertz CT molecular complexity index is 443. The lowest BCUT2D eigenvalue weighted by molar-refractivity contribution is -0.925. The summed E-state index contributed by atoms with van der Waals surface area (Å²) in [5, 5.41) is 0. The molecule has 1 fully saturated rings. The molecule has 0 saturated carbocycles. The first-order chi connectivity index (χ1) is 9.40. The van der Waals surface area contributed by atoms with Crippen molar-refractivity contribution in [3.05, 3.63) is 29.8 Å². The minimum absolute atomic E-state index is 0.563. The number of piperazine rings is 1. The van der Waals surface area contributed by atoms with Gasteiger partial charge in [-0.05, 0) is 32.0 Å². The highest BCUT2D eigenvalue weighted by atomic mass is 19.4. The molecule has 1 aromatic carbocycles. The van der Waals surface area contributed by atoms with Crippen molar-refractivity contribution < 1.29 is 17.7 Å². The fraction of sp³-hybridized carbons (Fsp3) is 0.600. The molecular weight excluding hydrogens is 265 g/mol. The van der Waals surface area contributed by atoms with Crippen LogP contribution in [0.15, 0.2) is 24.3 Å². The van der Waals surface area contributed by atoms with Gasteiger partial charge in [0.15, 0.2) is 0 Å². The standard InChI is InChI=1S/C15H22F3N2/c1-3-20(4-2)10-8-19(9-11-20)14-7-5-6-13(12-14)15(16,17)18/h5-7,12H,3-4,8-11H2,1-2H3/q+1. The van der Waals surface area contributed by atoms with E-state index in [4.69, 9.17) is 0 Å². The molecule has 1 aliphatic rings.